The lowest BCUT2D eigenvalue weighted by atomic mass is 9.92. The van der Waals surface area contributed by atoms with E-state index in [4.69, 9.17) is 5.14 Å². The zero-order chi connectivity index (χ0) is 18.2. The van der Waals surface area contributed by atoms with Crippen molar-refractivity contribution in [3.05, 3.63) is 28.8 Å². The molecule has 0 aromatic heterocycles. The average molecular weight is 354 g/mol. The molecular formula is C16H22N2O5S. The average Bonchev–Trinajstić information content (AvgIpc) is 2.48. The number of sulfonamides is 1. The lowest BCUT2D eigenvalue weighted by Crippen LogP contribution is -2.47. The van der Waals surface area contributed by atoms with Crippen LogP contribution >= 0.6 is 0 Å². The van der Waals surface area contributed by atoms with Crippen LogP contribution in [0.15, 0.2) is 17.0 Å². The fourth-order valence-corrected chi connectivity index (χ4v) is 3.88. The Kier molecular flexibility index (Phi) is 5.00. The second-order valence-corrected chi connectivity index (χ2v) is 7.91. The lowest BCUT2D eigenvalue weighted by Gasteiger charge is -2.36. The number of rotatable bonds is 3. The Morgan fingerprint density at radius 2 is 1.88 bits per heavy atom. The van der Waals surface area contributed by atoms with Gasteiger partial charge >= 0.3 is 5.97 Å². The molecule has 1 aliphatic rings. The molecule has 2 rings (SSSR count). The number of aliphatic carboxylic acids is 1. The first-order chi connectivity index (χ1) is 11.0. The molecule has 2 unspecified atom stereocenters. The highest BCUT2D eigenvalue weighted by Crippen LogP contribution is 2.26. The number of carboxylic acids is 1. The van der Waals surface area contributed by atoms with Gasteiger partial charge in [-0.1, -0.05) is 0 Å². The van der Waals surface area contributed by atoms with E-state index in [9.17, 15) is 23.1 Å². The van der Waals surface area contributed by atoms with E-state index in [1.165, 1.54) is 11.0 Å². The van der Waals surface area contributed by atoms with Gasteiger partial charge in [-0.3, -0.25) is 9.59 Å². The van der Waals surface area contributed by atoms with Crippen molar-refractivity contribution < 1.29 is 23.1 Å². The van der Waals surface area contributed by atoms with Crippen molar-refractivity contribution in [2.24, 2.45) is 11.1 Å². The van der Waals surface area contributed by atoms with Gasteiger partial charge in [0, 0.05) is 18.2 Å². The van der Waals surface area contributed by atoms with Crippen LogP contribution in [0.1, 0.15) is 41.3 Å². The molecule has 0 radical (unpaired) electrons. The molecule has 1 fully saturated rings. The van der Waals surface area contributed by atoms with Crippen molar-refractivity contribution in [2.45, 2.75) is 44.6 Å². The predicted octanol–water partition coefficient (Wildman–Crippen LogP) is 1.28. The highest BCUT2D eigenvalue weighted by atomic mass is 32.2. The van der Waals surface area contributed by atoms with E-state index in [0.717, 1.165) is 0 Å². The number of nitrogens with zero attached hydrogens (tertiary/aromatic N) is 1. The normalized spacial score (nSPS) is 21.6. The molecule has 0 bridgehead atoms. The van der Waals surface area contributed by atoms with Gasteiger partial charge in [0.25, 0.3) is 5.91 Å². The largest absolute Gasteiger partial charge is 0.481 e. The van der Waals surface area contributed by atoms with Crippen molar-refractivity contribution in [1.82, 2.24) is 4.90 Å². The molecule has 1 saturated heterocycles. The molecule has 24 heavy (non-hydrogen) atoms. The summed E-state index contributed by atoms with van der Waals surface area (Å²) in [5.74, 6) is -1.90. The van der Waals surface area contributed by atoms with Crippen molar-refractivity contribution in [3.63, 3.8) is 0 Å². The zero-order valence-electron chi connectivity index (χ0n) is 13.9. The first kappa shape index (κ1) is 18.4. The van der Waals surface area contributed by atoms with E-state index >= 15 is 0 Å². The molecule has 2 atom stereocenters. The van der Waals surface area contributed by atoms with Crippen molar-refractivity contribution >= 4 is 21.9 Å². The number of amides is 1. The van der Waals surface area contributed by atoms with E-state index in [2.05, 4.69) is 0 Å². The quantitative estimate of drug-likeness (QED) is 0.847. The molecule has 1 aromatic carbocycles. The number of piperidine rings is 1. The summed E-state index contributed by atoms with van der Waals surface area (Å²) in [6.07, 6.45) is 1.12. The van der Waals surface area contributed by atoms with Gasteiger partial charge in [0.05, 0.1) is 10.8 Å². The summed E-state index contributed by atoms with van der Waals surface area (Å²) in [4.78, 5) is 25.5. The smallest absolute Gasteiger partial charge is 0.308 e. The molecule has 1 amide bonds. The Morgan fingerprint density at radius 3 is 2.42 bits per heavy atom. The SMILES string of the molecule is Cc1cc(C(=O)N2CC(C(=O)O)CCC2C)cc(S(N)(=O)=O)c1C. The topological polar surface area (TPSA) is 118 Å². The minimum absolute atomic E-state index is 0.0784. The minimum Gasteiger partial charge on any atom is -0.481 e. The number of likely N-dealkylation sites (tertiary alicyclic amines) is 1. The van der Waals surface area contributed by atoms with Gasteiger partial charge in [-0.15, -0.1) is 0 Å². The van der Waals surface area contributed by atoms with Gasteiger partial charge in [0.1, 0.15) is 0 Å². The standard InChI is InChI=1S/C16H22N2O5S/c1-9-6-13(7-14(11(9)3)24(17,22)23)15(19)18-8-12(16(20)21)5-4-10(18)2/h6-7,10,12H,4-5,8H2,1-3H3,(H,20,21)(H2,17,22,23). The molecule has 1 heterocycles. The molecule has 0 spiro atoms. The number of hydrogen-bond acceptors (Lipinski definition) is 4. The Bertz CT molecular complexity index is 788. The van der Waals surface area contributed by atoms with Crippen LogP contribution in [-0.4, -0.2) is 42.9 Å². The summed E-state index contributed by atoms with van der Waals surface area (Å²) in [6.45, 7) is 5.32. The monoisotopic (exact) mass is 354 g/mol. The second kappa shape index (κ2) is 6.52. The third kappa shape index (κ3) is 3.59. The highest BCUT2D eigenvalue weighted by Gasteiger charge is 2.33. The molecule has 3 N–H and O–H groups in total. The van der Waals surface area contributed by atoms with Crippen LogP contribution in [0.5, 0.6) is 0 Å². The number of benzene rings is 1. The maximum Gasteiger partial charge on any atom is 0.308 e. The summed E-state index contributed by atoms with van der Waals surface area (Å²) in [6, 6.07) is 2.79. The van der Waals surface area contributed by atoms with Gasteiger partial charge in [0.2, 0.25) is 10.0 Å². The van der Waals surface area contributed by atoms with Crippen molar-refractivity contribution in [2.75, 3.05) is 6.54 Å². The summed E-state index contributed by atoms with van der Waals surface area (Å²) >= 11 is 0. The van der Waals surface area contributed by atoms with Crippen LogP contribution in [0.25, 0.3) is 0 Å². The maximum atomic E-state index is 12.8. The Morgan fingerprint density at radius 1 is 1.25 bits per heavy atom. The van der Waals surface area contributed by atoms with Crippen LogP contribution < -0.4 is 5.14 Å². The molecule has 132 valence electrons. The number of carbonyl (C=O) groups is 2. The van der Waals surface area contributed by atoms with Gasteiger partial charge < -0.3 is 10.0 Å². The van der Waals surface area contributed by atoms with Crippen LogP contribution in [-0.2, 0) is 14.8 Å². The number of aryl methyl sites for hydroxylation is 1. The first-order valence-electron chi connectivity index (χ1n) is 7.70. The van der Waals surface area contributed by atoms with Gasteiger partial charge in [-0.2, -0.15) is 0 Å². The minimum atomic E-state index is -3.95. The van der Waals surface area contributed by atoms with E-state index < -0.39 is 21.9 Å². The molecule has 0 saturated carbocycles. The Hall–Kier alpha value is -1.93. The van der Waals surface area contributed by atoms with E-state index in [-0.39, 0.29) is 29.0 Å². The van der Waals surface area contributed by atoms with Crippen molar-refractivity contribution in [3.8, 4) is 0 Å². The van der Waals surface area contributed by atoms with Gasteiger partial charge in [-0.05, 0) is 56.9 Å². The fourth-order valence-electron chi connectivity index (χ4n) is 3.00. The van der Waals surface area contributed by atoms with E-state index in [1.54, 1.807) is 19.9 Å². The zero-order valence-corrected chi connectivity index (χ0v) is 14.8. The number of hydrogen-bond donors (Lipinski definition) is 2. The highest BCUT2D eigenvalue weighted by molar-refractivity contribution is 7.89. The first-order valence-corrected chi connectivity index (χ1v) is 9.24. The van der Waals surface area contributed by atoms with Crippen LogP contribution in [0.4, 0.5) is 0 Å². The van der Waals surface area contributed by atoms with Gasteiger partial charge in [-0.25, -0.2) is 13.6 Å². The third-order valence-electron chi connectivity index (χ3n) is 4.67. The van der Waals surface area contributed by atoms with Gasteiger partial charge in [0.15, 0.2) is 0 Å². The number of primary sulfonamides is 1. The summed E-state index contributed by atoms with van der Waals surface area (Å²) < 4.78 is 23.5. The summed E-state index contributed by atoms with van der Waals surface area (Å²) in [7, 11) is -3.95. The molecule has 0 aliphatic carbocycles. The second-order valence-electron chi connectivity index (χ2n) is 6.38. The van der Waals surface area contributed by atoms with E-state index in [1.807, 2.05) is 6.92 Å². The molecule has 7 nitrogen and oxygen atoms in total. The van der Waals surface area contributed by atoms with E-state index in [0.29, 0.717) is 24.0 Å². The van der Waals surface area contributed by atoms with Crippen LogP contribution in [0.2, 0.25) is 0 Å². The molecule has 1 aliphatic heterocycles. The number of nitrogens with two attached hydrogens (primary N) is 1. The fraction of sp³-hybridized carbons (Fsp3) is 0.500. The number of carboxylic acid groups (broad SMARTS) is 1. The Balaban J connectivity index is 2.42. The van der Waals surface area contributed by atoms with Crippen LogP contribution in [0, 0.1) is 19.8 Å². The predicted molar refractivity (Wildman–Crippen MR) is 88.1 cm³/mol. The van der Waals surface area contributed by atoms with Crippen LogP contribution in [0.3, 0.4) is 0 Å². The molecule has 8 heteroatoms. The maximum absolute atomic E-state index is 12.8. The summed E-state index contributed by atoms with van der Waals surface area (Å²) in [5.41, 5.74) is 1.36. The molecule has 1 aromatic rings. The number of carbonyl (C=O) groups excluding carboxylic acids is 1. The Labute approximate surface area is 141 Å². The molecular weight excluding hydrogens is 332 g/mol. The van der Waals surface area contributed by atoms with Crippen molar-refractivity contribution in [1.29, 1.82) is 0 Å². The lowest BCUT2D eigenvalue weighted by molar-refractivity contribution is -0.143. The third-order valence-corrected chi connectivity index (χ3v) is 5.70. The summed E-state index contributed by atoms with van der Waals surface area (Å²) in [5, 5.41) is 14.4.